The van der Waals surface area contributed by atoms with Crippen LogP contribution >= 0.6 is 11.8 Å². The van der Waals surface area contributed by atoms with Crippen molar-refractivity contribution in [3.8, 4) is 0 Å². The van der Waals surface area contributed by atoms with Crippen molar-refractivity contribution in [2.45, 2.75) is 70.8 Å². The van der Waals surface area contributed by atoms with E-state index in [2.05, 4.69) is 13.8 Å². The van der Waals surface area contributed by atoms with Gasteiger partial charge in [0.05, 0.1) is 5.60 Å². The summed E-state index contributed by atoms with van der Waals surface area (Å²) in [6.45, 7) is 4.65. The van der Waals surface area contributed by atoms with Gasteiger partial charge >= 0.3 is 0 Å². The predicted molar refractivity (Wildman–Crippen MR) is 102 cm³/mol. The van der Waals surface area contributed by atoms with Crippen LogP contribution in [0.3, 0.4) is 0 Å². The van der Waals surface area contributed by atoms with Crippen LogP contribution in [0.25, 0.3) is 0 Å². The van der Waals surface area contributed by atoms with Gasteiger partial charge in [0.1, 0.15) is 0 Å². The van der Waals surface area contributed by atoms with Crippen molar-refractivity contribution >= 4 is 17.5 Å². The topological polar surface area (TPSA) is 37.3 Å². The summed E-state index contributed by atoms with van der Waals surface area (Å²) in [5, 5.41) is 11.7. The van der Waals surface area contributed by atoms with Crippen LogP contribution in [0, 0.1) is 34.5 Å². The summed E-state index contributed by atoms with van der Waals surface area (Å²) in [4.78, 5) is 11.9. The SMILES string of the molecule is CCSC[C@]1(O)C[C@H]2C[C@]23[C@@H]2CCC4=CC(=O)CC[C@@H]4[C@H]2CC[C@]13C. The van der Waals surface area contributed by atoms with Crippen molar-refractivity contribution < 1.29 is 9.90 Å². The zero-order valence-corrected chi connectivity index (χ0v) is 16.5. The number of allylic oxidation sites excluding steroid dienone is 1. The van der Waals surface area contributed by atoms with Crippen molar-refractivity contribution in [3.05, 3.63) is 11.6 Å². The van der Waals surface area contributed by atoms with Crippen LogP contribution in [-0.2, 0) is 4.79 Å². The molecule has 0 bridgehead atoms. The van der Waals surface area contributed by atoms with Crippen LogP contribution in [0.5, 0.6) is 0 Å². The van der Waals surface area contributed by atoms with Crippen LogP contribution < -0.4 is 0 Å². The van der Waals surface area contributed by atoms with Gasteiger partial charge in [-0.05, 0) is 85.9 Å². The molecule has 7 atom stereocenters. The molecule has 4 fully saturated rings. The highest BCUT2D eigenvalue weighted by Crippen LogP contribution is 2.84. The number of thioether (sulfide) groups is 1. The van der Waals surface area contributed by atoms with Gasteiger partial charge in [0.2, 0.25) is 0 Å². The summed E-state index contributed by atoms with van der Waals surface area (Å²) >= 11 is 1.93. The Morgan fingerprint density at radius 1 is 1.24 bits per heavy atom. The Bertz CT molecular complexity index is 642. The number of carbonyl (C=O) groups is 1. The summed E-state index contributed by atoms with van der Waals surface area (Å²) in [7, 11) is 0. The summed E-state index contributed by atoms with van der Waals surface area (Å²) in [5.41, 5.74) is 1.58. The summed E-state index contributed by atoms with van der Waals surface area (Å²) < 4.78 is 0. The van der Waals surface area contributed by atoms with Crippen molar-refractivity contribution in [1.29, 1.82) is 0 Å². The summed E-state index contributed by atoms with van der Waals surface area (Å²) in [6.07, 6.45) is 11.2. The van der Waals surface area contributed by atoms with E-state index in [9.17, 15) is 9.90 Å². The van der Waals surface area contributed by atoms with E-state index in [0.717, 1.165) is 54.9 Å². The minimum Gasteiger partial charge on any atom is -0.388 e. The molecule has 1 N–H and O–H groups in total. The Morgan fingerprint density at radius 3 is 2.88 bits per heavy atom. The third-order valence-electron chi connectivity index (χ3n) is 9.28. The van der Waals surface area contributed by atoms with Gasteiger partial charge < -0.3 is 5.11 Å². The quantitative estimate of drug-likeness (QED) is 0.798. The Balaban J connectivity index is 1.47. The van der Waals surface area contributed by atoms with Gasteiger partial charge in [0, 0.05) is 17.6 Å². The molecule has 3 heteroatoms. The van der Waals surface area contributed by atoms with E-state index in [4.69, 9.17) is 0 Å². The minimum atomic E-state index is -0.444. The maximum Gasteiger partial charge on any atom is 0.155 e. The van der Waals surface area contributed by atoms with Gasteiger partial charge in [-0.1, -0.05) is 19.4 Å². The lowest BCUT2D eigenvalue weighted by Gasteiger charge is -2.58. The van der Waals surface area contributed by atoms with Crippen molar-refractivity contribution in [1.82, 2.24) is 0 Å². The Hall–Kier alpha value is -0.280. The fraction of sp³-hybridized carbons (Fsp3) is 0.864. The molecule has 2 nitrogen and oxygen atoms in total. The third kappa shape index (κ3) is 2.00. The van der Waals surface area contributed by atoms with Crippen molar-refractivity contribution in [2.24, 2.45) is 34.5 Å². The van der Waals surface area contributed by atoms with Gasteiger partial charge in [-0.3, -0.25) is 4.79 Å². The lowest BCUT2D eigenvalue weighted by Crippen LogP contribution is -2.56. The molecule has 0 aromatic carbocycles. The molecule has 5 aliphatic rings. The highest BCUT2D eigenvalue weighted by Gasteiger charge is 2.80. The van der Waals surface area contributed by atoms with Crippen LogP contribution in [0.1, 0.15) is 65.2 Å². The molecular weight excluding hydrogens is 328 g/mol. The zero-order chi connectivity index (χ0) is 17.4. The predicted octanol–water partition coefficient (Wildman–Crippen LogP) is 4.61. The zero-order valence-electron chi connectivity index (χ0n) is 15.7. The molecule has 0 saturated heterocycles. The first-order valence-corrected chi connectivity index (χ1v) is 11.6. The average Bonchev–Trinajstić information content (AvgIpc) is 3.25. The smallest absolute Gasteiger partial charge is 0.155 e. The van der Waals surface area contributed by atoms with Gasteiger partial charge in [0.25, 0.3) is 0 Å². The van der Waals surface area contributed by atoms with E-state index in [0.29, 0.717) is 17.1 Å². The molecule has 138 valence electrons. The number of hydrogen-bond acceptors (Lipinski definition) is 3. The fourth-order valence-electron chi connectivity index (χ4n) is 8.09. The molecule has 0 aromatic heterocycles. The van der Waals surface area contributed by atoms with E-state index in [1.165, 1.54) is 31.3 Å². The van der Waals surface area contributed by atoms with E-state index < -0.39 is 5.60 Å². The van der Waals surface area contributed by atoms with Crippen LogP contribution in [0.2, 0.25) is 0 Å². The summed E-state index contributed by atoms with van der Waals surface area (Å²) in [6, 6.07) is 0. The number of rotatable bonds is 3. The molecule has 0 radical (unpaired) electrons. The molecule has 0 amide bonds. The minimum absolute atomic E-state index is 0.125. The number of aliphatic hydroxyl groups is 1. The number of hydrogen-bond donors (Lipinski definition) is 1. The van der Waals surface area contributed by atoms with Gasteiger partial charge in [-0.2, -0.15) is 11.8 Å². The molecular formula is C22H32O2S. The van der Waals surface area contributed by atoms with E-state index in [-0.39, 0.29) is 5.41 Å². The molecule has 0 aromatic rings. The molecule has 1 spiro atoms. The lowest BCUT2D eigenvalue weighted by molar-refractivity contribution is -0.133. The first kappa shape index (κ1) is 16.9. The second kappa shape index (κ2) is 5.38. The van der Waals surface area contributed by atoms with Gasteiger partial charge in [0.15, 0.2) is 5.78 Å². The molecule has 0 aliphatic heterocycles. The fourth-order valence-corrected chi connectivity index (χ4v) is 9.07. The highest BCUT2D eigenvalue weighted by atomic mass is 32.2. The first-order chi connectivity index (χ1) is 12.0. The van der Waals surface area contributed by atoms with Gasteiger partial charge in [-0.25, -0.2) is 0 Å². The van der Waals surface area contributed by atoms with Crippen LogP contribution in [-0.4, -0.2) is 28.0 Å². The standard InChI is InChI=1S/C22H32O2S/c1-3-25-13-21(24)11-15-12-22(15)19-7-4-14-10-16(23)5-6-17(14)18(19)8-9-20(21,22)2/h10,15,17-19,24H,3-9,11-13H2,1-2H3/t15-,17-,18+,19+,20+,21+,22+/m0/s1. The first-order valence-electron chi connectivity index (χ1n) is 10.5. The third-order valence-corrected chi connectivity index (χ3v) is 10.4. The van der Waals surface area contributed by atoms with Crippen LogP contribution in [0.4, 0.5) is 0 Å². The molecule has 5 aliphatic carbocycles. The second-order valence-corrected chi connectivity index (χ2v) is 11.1. The molecule has 25 heavy (non-hydrogen) atoms. The largest absolute Gasteiger partial charge is 0.388 e. The maximum absolute atomic E-state index is 11.9. The Morgan fingerprint density at radius 2 is 2.08 bits per heavy atom. The lowest BCUT2D eigenvalue weighted by atomic mass is 9.48. The molecule has 0 unspecified atom stereocenters. The molecule has 0 heterocycles. The molecule has 4 saturated carbocycles. The monoisotopic (exact) mass is 360 g/mol. The number of ketones is 1. The maximum atomic E-state index is 11.9. The van der Waals surface area contributed by atoms with Gasteiger partial charge in [-0.15, -0.1) is 0 Å². The molecule has 5 rings (SSSR count). The van der Waals surface area contributed by atoms with Crippen molar-refractivity contribution in [2.75, 3.05) is 11.5 Å². The number of carbonyl (C=O) groups excluding carboxylic acids is 1. The normalized spacial score (nSPS) is 53.4. The number of fused-ring (bicyclic) bond motifs is 3. The Labute approximate surface area is 156 Å². The Kier molecular flexibility index (Phi) is 3.63. The second-order valence-electron chi connectivity index (χ2n) is 9.82. The summed E-state index contributed by atoms with van der Waals surface area (Å²) in [5.74, 6) is 5.42. The van der Waals surface area contributed by atoms with Crippen LogP contribution in [0.15, 0.2) is 11.6 Å². The van der Waals surface area contributed by atoms with E-state index >= 15 is 0 Å². The highest BCUT2D eigenvalue weighted by molar-refractivity contribution is 7.99. The average molecular weight is 361 g/mol. The van der Waals surface area contributed by atoms with E-state index in [1.54, 1.807) is 0 Å². The van der Waals surface area contributed by atoms with E-state index in [1.807, 2.05) is 17.8 Å². The van der Waals surface area contributed by atoms with Crippen molar-refractivity contribution in [3.63, 3.8) is 0 Å².